The molecule has 0 spiro atoms. The third kappa shape index (κ3) is 5.54. The molecule has 0 amide bonds. The monoisotopic (exact) mass is 538 g/mol. The summed E-state index contributed by atoms with van der Waals surface area (Å²) in [5, 5.41) is 70.9. The number of aliphatic hydroxyl groups is 5. The number of carbonyl (C=O) groups excluding carboxylic acids is 1. The molecule has 3 aliphatic rings. The van der Waals surface area contributed by atoms with Gasteiger partial charge in [0.15, 0.2) is 6.10 Å². The van der Waals surface area contributed by atoms with Gasteiger partial charge in [-0.15, -0.1) is 0 Å². The number of rotatable bonds is 7. The number of hydrogen-bond acceptors (Lipinski definition) is 12. The van der Waals surface area contributed by atoms with Gasteiger partial charge in [-0.25, -0.2) is 9.59 Å². The van der Waals surface area contributed by atoms with Crippen molar-refractivity contribution < 1.29 is 64.3 Å². The molecular weight excluding hydrogens is 508 g/mol. The first-order valence-corrected chi connectivity index (χ1v) is 11.9. The summed E-state index contributed by atoms with van der Waals surface area (Å²) in [6.45, 7) is 0.657. The fourth-order valence-electron chi connectivity index (χ4n) is 5.14. The number of phenols is 1. The van der Waals surface area contributed by atoms with Crippen molar-refractivity contribution in [3.63, 3.8) is 0 Å². The van der Waals surface area contributed by atoms with Gasteiger partial charge in [-0.1, -0.05) is 12.1 Å². The number of ether oxygens (including phenoxy) is 4. The molecule has 7 N–H and O–H groups in total. The van der Waals surface area contributed by atoms with E-state index in [-0.39, 0.29) is 17.7 Å². The highest BCUT2D eigenvalue weighted by Gasteiger charge is 2.59. The van der Waals surface area contributed by atoms with E-state index in [1.54, 1.807) is 0 Å². The smallest absolute Gasteiger partial charge is 0.335 e. The van der Waals surface area contributed by atoms with Gasteiger partial charge in [0.1, 0.15) is 24.1 Å². The van der Waals surface area contributed by atoms with Gasteiger partial charge < -0.3 is 54.7 Å². The van der Waals surface area contributed by atoms with Gasteiger partial charge in [0, 0.05) is 18.4 Å². The number of phenolic OH excluding ortho intramolecular Hbond substituents is 1. The van der Waals surface area contributed by atoms with Crippen LogP contribution < -0.4 is 0 Å². The molecule has 1 aliphatic carbocycles. The average molecular weight is 539 g/mol. The Hall–Kier alpha value is -3.04. The Labute approximate surface area is 216 Å². The molecule has 1 saturated heterocycles. The minimum absolute atomic E-state index is 0.0332. The van der Waals surface area contributed by atoms with Crippen LogP contribution >= 0.6 is 0 Å². The molecule has 1 saturated carbocycles. The molecule has 0 unspecified atom stereocenters. The highest BCUT2D eigenvalue weighted by atomic mass is 16.8. The maximum Gasteiger partial charge on any atom is 0.335 e. The number of fused-ring (bicyclic) bond motifs is 1. The Morgan fingerprint density at radius 1 is 1.13 bits per heavy atom. The first-order chi connectivity index (χ1) is 17.9. The van der Waals surface area contributed by atoms with Gasteiger partial charge in [-0.3, -0.25) is 0 Å². The molecule has 2 fully saturated rings. The van der Waals surface area contributed by atoms with Gasteiger partial charge in [0.05, 0.1) is 36.1 Å². The Morgan fingerprint density at radius 2 is 1.82 bits per heavy atom. The molecule has 0 bridgehead atoms. The molecule has 208 valence electrons. The average Bonchev–Trinajstić information content (AvgIpc) is 3.11. The lowest BCUT2D eigenvalue weighted by Gasteiger charge is -2.44. The standard InChI is InChI=1S/C25H30O13/c1-25(34)8-14(28)17-13(22(32)33)10-35-23(18(17)25)38-24-21(20(31)19(30)15(9-26)36-24)37-16(29)7-4-11-2-5-12(27)6-3-11/h2-7,10,14-15,17-21,23-24,26-28,30-31,34H,8-9H2,1H3,(H,32,33)/b7-4+/t14-,15+,17-,18-,19-,20-,21-,23+,24-,25-/m1/s1. The van der Waals surface area contributed by atoms with Crippen LogP contribution in [-0.2, 0) is 28.5 Å². The maximum atomic E-state index is 12.5. The molecule has 1 aromatic rings. The van der Waals surface area contributed by atoms with E-state index in [9.17, 15) is 45.3 Å². The van der Waals surface area contributed by atoms with E-state index in [0.717, 1.165) is 12.3 Å². The predicted molar refractivity (Wildman–Crippen MR) is 125 cm³/mol. The molecule has 1 aromatic carbocycles. The third-order valence-electron chi connectivity index (χ3n) is 7.02. The summed E-state index contributed by atoms with van der Waals surface area (Å²) >= 11 is 0. The van der Waals surface area contributed by atoms with Crippen molar-refractivity contribution in [1.82, 2.24) is 0 Å². The summed E-state index contributed by atoms with van der Waals surface area (Å²) in [4.78, 5) is 24.2. The molecule has 0 aromatic heterocycles. The van der Waals surface area contributed by atoms with Crippen molar-refractivity contribution in [1.29, 1.82) is 0 Å². The van der Waals surface area contributed by atoms with E-state index in [2.05, 4.69) is 0 Å². The quantitative estimate of drug-likeness (QED) is 0.161. The zero-order chi connectivity index (χ0) is 27.8. The first-order valence-electron chi connectivity index (χ1n) is 11.9. The fraction of sp³-hybridized carbons (Fsp3) is 0.520. The number of carboxylic acids is 1. The zero-order valence-electron chi connectivity index (χ0n) is 20.2. The summed E-state index contributed by atoms with van der Waals surface area (Å²) in [7, 11) is 0. The topological polar surface area (TPSA) is 213 Å². The van der Waals surface area contributed by atoms with Crippen LogP contribution in [0.15, 0.2) is 42.2 Å². The summed E-state index contributed by atoms with van der Waals surface area (Å²) in [6, 6.07) is 5.90. The van der Waals surface area contributed by atoms with Gasteiger partial charge in [0.2, 0.25) is 12.6 Å². The number of aliphatic carboxylic acids is 1. The second-order valence-electron chi connectivity index (χ2n) is 9.73. The molecule has 13 nitrogen and oxygen atoms in total. The number of benzene rings is 1. The third-order valence-corrected chi connectivity index (χ3v) is 7.02. The van der Waals surface area contributed by atoms with Gasteiger partial charge in [-0.2, -0.15) is 0 Å². The number of carboxylic acid groups (broad SMARTS) is 1. The van der Waals surface area contributed by atoms with E-state index < -0.39 is 79.1 Å². The fourth-order valence-corrected chi connectivity index (χ4v) is 5.14. The summed E-state index contributed by atoms with van der Waals surface area (Å²) < 4.78 is 22.2. The number of aromatic hydroxyl groups is 1. The van der Waals surface area contributed by atoms with Crippen LogP contribution in [0.4, 0.5) is 0 Å². The van der Waals surface area contributed by atoms with E-state index in [1.165, 1.54) is 37.3 Å². The summed E-state index contributed by atoms with van der Waals surface area (Å²) in [6.07, 6.45) is -7.55. The SMILES string of the molecule is C[C@@]1(O)C[C@@H](O)[C@H]2C(C(=O)O)=CO[C@@H](O[C@H]3O[C@@H](CO)[C@@H](O)[C@@H](O)[C@H]3OC(=O)/C=C/c3ccc(O)cc3)[C@@H]21. The number of aliphatic hydroxyl groups excluding tert-OH is 4. The normalized spacial score (nSPS) is 38.8. The molecule has 10 atom stereocenters. The lowest BCUT2D eigenvalue weighted by molar-refractivity contribution is -0.347. The van der Waals surface area contributed by atoms with Crippen LogP contribution in [0.25, 0.3) is 6.08 Å². The number of hydrogen-bond donors (Lipinski definition) is 7. The van der Waals surface area contributed by atoms with Crippen molar-refractivity contribution in [3.8, 4) is 5.75 Å². The lowest BCUT2D eigenvalue weighted by Crippen LogP contribution is -2.62. The number of esters is 1. The molecule has 38 heavy (non-hydrogen) atoms. The van der Waals surface area contributed by atoms with E-state index in [1.807, 2.05) is 0 Å². The maximum absolute atomic E-state index is 12.5. The van der Waals surface area contributed by atoms with Crippen molar-refractivity contribution in [2.75, 3.05) is 6.61 Å². The molecule has 13 heteroatoms. The minimum Gasteiger partial charge on any atom is -0.508 e. The van der Waals surface area contributed by atoms with Crippen molar-refractivity contribution in [2.24, 2.45) is 11.8 Å². The zero-order valence-corrected chi connectivity index (χ0v) is 20.2. The van der Waals surface area contributed by atoms with Gasteiger partial charge >= 0.3 is 11.9 Å². The van der Waals surface area contributed by atoms with Crippen LogP contribution in [0.3, 0.4) is 0 Å². The van der Waals surface area contributed by atoms with Crippen molar-refractivity contribution >= 4 is 18.0 Å². The molecule has 4 rings (SSSR count). The highest BCUT2D eigenvalue weighted by Crippen LogP contribution is 2.49. The largest absolute Gasteiger partial charge is 0.508 e. The predicted octanol–water partition coefficient (Wildman–Crippen LogP) is -1.15. The molecule has 2 aliphatic heterocycles. The lowest BCUT2D eigenvalue weighted by atomic mass is 9.81. The van der Waals surface area contributed by atoms with E-state index in [0.29, 0.717) is 5.56 Å². The Bertz CT molecular complexity index is 1080. The van der Waals surface area contributed by atoms with E-state index >= 15 is 0 Å². The van der Waals surface area contributed by atoms with Gasteiger partial charge in [-0.05, 0) is 30.7 Å². The summed E-state index contributed by atoms with van der Waals surface area (Å²) in [5.41, 5.74) is -1.35. The Kier molecular flexibility index (Phi) is 8.09. The molecule has 0 radical (unpaired) electrons. The van der Waals surface area contributed by atoms with Crippen LogP contribution in [0, 0.1) is 11.8 Å². The van der Waals surface area contributed by atoms with Crippen molar-refractivity contribution in [2.45, 2.75) is 62.0 Å². The van der Waals surface area contributed by atoms with Crippen LogP contribution in [0.2, 0.25) is 0 Å². The Balaban J connectivity index is 1.57. The van der Waals surface area contributed by atoms with Crippen LogP contribution in [0.1, 0.15) is 18.9 Å². The second-order valence-corrected chi connectivity index (χ2v) is 9.73. The molecule has 2 heterocycles. The van der Waals surface area contributed by atoms with Crippen LogP contribution in [0.5, 0.6) is 5.75 Å². The minimum atomic E-state index is -1.77. The summed E-state index contributed by atoms with van der Waals surface area (Å²) in [5.74, 6) is -4.43. The molecular formula is C25H30O13. The number of carbonyl (C=O) groups is 2. The van der Waals surface area contributed by atoms with Crippen molar-refractivity contribution in [3.05, 3.63) is 47.7 Å². The Morgan fingerprint density at radius 3 is 2.45 bits per heavy atom. The first kappa shape index (κ1) is 28.0. The highest BCUT2D eigenvalue weighted by molar-refractivity contribution is 5.88. The van der Waals surface area contributed by atoms with E-state index in [4.69, 9.17) is 18.9 Å². The van der Waals surface area contributed by atoms with Gasteiger partial charge in [0.25, 0.3) is 0 Å². The second kappa shape index (κ2) is 11.0. The van der Waals surface area contributed by atoms with Crippen LogP contribution in [-0.4, -0.2) is 103 Å².